The van der Waals surface area contributed by atoms with Crippen LogP contribution in [-0.4, -0.2) is 31.9 Å². The summed E-state index contributed by atoms with van der Waals surface area (Å²) in [5.41, 5.74) is 0.224. The number of carbonyl (C=O) groups is 1. The molecule has 7 heteroatoms. The van der Waals surface area contributed by atoms with Crippen molar-refractivity contribution in [3.8, 4) is 0 Å². The van der Waals surface area contributed by atoms with Crippen LogP contribution in [0, 0.1) is 0 Å². The zero-order valence-electron chi connectivity index (χ0n) is 8.98. The molecule has 5 nitrogen and oxygen atoms in total. The van der Waals surface area contributed by atoms with E-state index in [-0.39, 0.29) is 23.1 Å². The monoisotopic (exact) mass is 277 g/mol. The summed E-state index contributed by atoms with van der Waals surface area (Å²) in [5.74, 6) is -0.203. The Labute approximate surface area is 104 Å². The van der Waals surface area contributed by atoms with E-state index in [2.05, 4.69) is 5.32 Å². The lowest BCUT2D eigenvalue weighted by Crippen LogP contribution is -2.34. The maximum absolute atomic E-state index is 11.6. The van der Waals surface area contributed by atoms with E-state index >= 15 is 0 Å². The summed E-state index contributed by atoms with van der Waals surface area (Å²) in [6, 6.07) is 1.45. The van der Waals surface area contributed by atoms with Crippen LogP contribution in [0.2, 0.25) is 5.22 Å². The quantitative estimate of drug-likeness (QED) is 0.902. The Morgan fingerprint density at radius 2 is 2.35 bits per heavy atom. The Morgan fingerprint density at radius 1 is 1.59 bits per heavy atom. The van der Waals surface area contributed by atoms with Gasteiger partial charge >= 0.3 is 0 Å². The SMILES string of the molecule is O=C(NCC1CCCS1(=O)=O)c1ccoc1Cl. The molecule has 1 N–H and O–H groups in total. The minimum absolute atomic E-state index is 0.0109. The molecule has 17 heavy (non-hydrogen) atoms. The number of furan rings is 1. The summed E-state index contributed by atoms with van der Waals surface area (Å²) in [6.07, 6.45) is 2.57. The Kier molecular flexibility index (Phi) is 3.44. The summed E-state index contributed by atoms with van der Waals surface area (Å²) in [7, 11) is -3.03. The number of hydrogen-bond acceptors (Lipinski definition) is 4. The molecule has 0 bridgehead atoms. The normalized spacial score (nSPS) is 22.5. The molecule has 94 valence electrons. The lowest BCUT2D eigenvalue weighted by atomic mass is 10.2. The second-order valence-electron chi connectivity index (χ2n) is 3.95. The van der Waals surface area contributed by atoms with Crippen LogP contribution >= 0.6 is 11.6 Å². The van der Waals surface area contributed by atoms with Crippen molar-refractivity contribution in [2.75, 3.05) is 12.3 Å². The average Bonchev–Trinajstić information content (AvgIpc) is 2.81. The fraction of sp³-hybridized carbons (Fsp3) is 0.500. The largest absolute Gasteiger partial charge is 0.452 e. The standard InChI is InChI=1S/C10H12ClNO4S/c11-9-8(3-4-16-9)10(13)12-6-7-2-1-5-17(7,14)15/h3-4,7H,1-2,5-6H2,(H,12,13). The van der Waals surface area contributed by atoms with E-state index in [4.69, 9.17) is 16.0 Å². The van der Waals surface area contributed by atoms with Gasteiger partial charge in [0.25, 0.3) is 5.91 Å². The highest BCUT2D eigenvalue weighted by Gasteiger charge is 2.31. The highest BCUT2D eigenvalue weighted by Crippen LogP contribution is 2.20. The summed E-state index contributed by atoms with van der Waals surface area (Å²) < 4.78 is 27.8. The molecule has 1 aromatic heterocycles. The third-order valence-corrected chi connectivity index (χ3v) is 5.38. The molecule has 1 aliphatic heterocycles. The predicted molar refractivity (Wildman–Crippen MR) is 62.9 cm³/mol. The number of amides is 1. The Morgan fingerprint density at radius 3 is 2.88 bits per heavy atom. The van der Waals surface area contributed by atoms with Crippen LogP contribution in [0.25, 0.3) is 0 Å². The van der Waals surface area contributed by atoms with Gasteiger partial charge in [-0.2, -0.15) is 0 Å². The maximum Gasteiger partial charge on any atom is 0.256 e. The summed E-state index contributed by atoms with van der Waals surface area (Å²) in [6.45, 7) is 0.128. The fourth-order valence-electron chi connectivity index (χ4n) is 1.84. The first-order valence-electron chi connectivity index (χ1n) is 5.23. The molecule has 2 rings (SSSR count). The zero-order valence-corrected chi connectivity index (χ0v) is 10.6. The van der Waals surface area contributed by atoms with E-state index in [0.717, 1.165) is 0 Å². The van der Waals surface area contributed by atoms with Crippen LogP contribution in [0.15, 0.2) is 16.7 Å². The highest BCUT2D eigenvalue weighted by molar-refractivity contribution is 7.92. The highest BCUT2D eigenvalue weighted by atomic mass is 35.5. The summed E-state index contributed by atoms with van der Waals surface area (Å²) in [5, 5.41) is 2.10. The molecule has 0 radical (unpaired) electrons. The van der Waals surface area contributed by atoms with Crippen molar-refractivity contribution in [1.82, 2.24) is 5.32 Å². The predicted octanol–water partition coefficient (Wildman–Crippen LogP) is 1.24. The van der Waals surface area contributed by atoms with Gasteiger partial charge < -0.3 is 9.73 Å². The van der Waals surface area contributed by atoms with E-state index in [1.54, 1.807) is 0 Å². The molecule has 1 amide bonds. The lowest BCUT2D eigenvalue weighted by molar-refractivity contribution is 0.0953. The van der Waals surface area contributed by atoms with Gasteiger partial charge in [-0.05, 0) is 30.5 Å². The van der Waals surface area contributed by atoms with E-state index in [1.807, 2.05) is 0 Å². The first kappa shape index (κ1) is 12.4. The van der Waals surface area contributed by atoms with E-state index in [0.29, 0.717) is 12.8 Å². The minimum atomic E-state index is -3.03. The van der Waals surface area contributed by atoms with E-state index in [1.165, 1.54) is 12.3 Å². The van der Waals surface area contributed by atoms with Gasteiger partial charge in [-0.3, -0.25) is 4.79 Å². The molecule has 1 aliphatic rings. The van der Waals surface area contributed by atoms with Crippen LogP contribution in [0.3, 0.4) is 0 Å². The van der Waals surface area contributed by atoms with Gasteiger partial charge in [0.2, 0.25) is 5.22 Å². The Balaban J connectivity index is 1.96. The number of carbonyl (C=O) groups excluding carboxylic acids is 1. The fourth-order valence-corrected chi connectivity index (χ4v) is 3.81. The number of rotatable bonds is 3. The van der Waals surface area contributed by atoms with Crippen molar-refractivity contribution < 1.29 is 17.6 Å². The molecule has 0 spiro atoms. The topological polar surface area (TPSA) is 76.4 Å². The molecule has 1 aromatic rings. The van der Waals surface area contributed by atoms with Gasteiger partial charge in [-0.15, -0.1) is 0 Å². The molecule has 0 aromatic carbocycles. The second kappa shape index (κ2) is 4.70. The lowest BCUT2D eigenvalue weighted by Gasteiger charge is -2.09. The van der Waals surface area contributed by atoms with Crippen molar-refractivity contribution in [3.63, 3.8) is 0 Å². The molecule has 0 saturated carbocycles. The van der Waals surface area contributed by atoms with Gasteiger partial charge in [0, 0.05) is 6.54 Å². The Bertz CT molecular complexity index is 522. The summed E-state index contributed by atoms with van der Waals surface area (Å²) in [4.78, 5) is 11.6. The smallest absolute Gasteiger partial charge is 0.256 e. The molecular weight excluding hydrogens is 266 g/mol. The van der Waals surface area contributed by atoms with Crippen molar-refractivity contribution in [3.05, 3.63) is 23.1 Å². The van der Waals surface area contributed by atoms with Gasteiger partial charge in [0.15, 0.2) is 9.84 Å². The van der Waals surface area contributed by atoms with Crippen LogP contribution < -0.4 is 5.32 Å². The van der Waals surface area contributed by atoms with Gasteiger partial charge in [0.1, 0.15) is 0 Å². The zero-order chi connectivity index (χ0) is 12.5. The molecule has 1 fully saturated rings. The van der Waals surface area contributed by atoms with Crippen LogP contribution in [0.5, 0.6) is 0 Å². The third-order valence-electron chi connectivity index (χ3n) is 2.82. The third kappa shape index (κ3) is 2.63. The molecule has 0 aliphatic carbocycles. The molecular formula is C10H12ClNO4S. The Hall–Kier alpha value is -1.01. The van der Waals surface area contributed by atoms with Crippen LogP contribution in [0.4, 0.5) is 0 Å². The van der Waals surface area contributed by atoms with Gasteiger partial charge in [-0.1, -0.05) is 0 Å². The first-order chi connectivity index (χ1) is 8.00. The second-order valence-corrected chi connectivity index (χ2v) is 6.69. The molecule has 1 saturated heterocycles. The number of sulfone groups is 1. The van der Waals surface area contributed by atoms with Crippen molar-refractivity contribution in [1.29, 1.82) is 0 Å². The van der Waals surface area contributed by atoms with E-state index in [9.17, 15) is 13.2 Å². The molecule has 2 heterocycles. The molecule has 1 atom stereocenters. The first-order valence-corrected chi connectivity index (χ1v) is 7.33. The van der Waals surface area contributed by atoms with E-state index < -0.39 is 21.0 Å². The van der Waals surface area contributed by atoms with Gasteiger partial charge in [0.05, 0.1) is 22.8 Å². The average molecular weight is 278 g/mol. The van der Waals surface area contributed by atoms with Crippen LogP contribution in [-0.2, 0) is 9.84 Å². The van der Waals surface area contributed by atoms with Crippen molar-refractivity contribution in [2.24, 2.45) is 0 Å². The summed E-state index contributed by atoms with van der Waals surface area (Å²) >= 11 is 5.64. The minimum Gasteiger partial charge on any atom is -0.452 e. The van der Waals surface area contributed by atoms with Gasteiger partial charge in [-0.25, -0.2) is 8.42 Å². The molecule has 1 unspecified atom stereocenters. The van der Waals surface area contributed by atoms with Crippen molar-refractivity contribution >= 4 is 27.3 Å². The number of halogens is 1. The number of hydrogen-bond donors (Lipinski definition) is 1. The van der Waals surface area contributed by atoms with Crippen LogP contribution in [0.1, 0.15) is 23.2 Å². The van der Waals surface area contributed by atoms with Crippen molar-refractivity contribution in [2.45, 2.75) is 18.1 Å². The maximum atomic E-state index is 11.6. The number of nitrogens with one attached hydrogen (secondary N) is 1.